The van der Waals surface area contributed by atoms with Crippen LogP contribution >= 0.6 is 11.3 Å². The Kier molecular flexibility index (Phi) is 10.5. The molecule has 8 rings (SSSR count). The number of pyridine rings is 1. The Labute approximate surface area is 354 Å². The van der Waals surface area contributed by atoms with Crippen molar-refractivity contribution >= 4 is 60.8 Å². The highest BCUT2D eigenvalue weighted by Crippen LogP contribution is 2.50. The summed E-state index contributed by atoms with van der Waals surface area (Å²) in [6.45, 7) is 8.26. The topological polar surface area (TPSA) is 243 Å². The normalized spacial score (nSPS) is 19.9. The van der Waals surface area contributed by atoms with Crippen LogP contribution in [0.1, 0.15) is 113 Å². The SMILES string of the molecule is Cc1c(C2CC2)cc2c(c1NC(=O)N=S(N)(=O)c1cnc(C(C)(C)O)s1)CC(C1Cc3cc4c(c(NC(=O)N(C)[SH](N)(=O)c5ccc(C(C)(C)O)nc5)c3C1)C(=O)CC4)C2. The molecular formula is C42H52N8O7S3. The van der Waals surface area contributed by atoms with Crippen LogP contribution in [0.3, 0.4) is 0 Å². The van der Waals surface area contributed by atoms with E-state index in [9.17, 15) is 33.0 Å². The summed E-state index contributed by atoms with van der Waals surface area (Å²) >= 11 is 0.949. The van der Waals surface area contributed by atoms with E-state index in [4.69, 9.17) is 10.3 Å². The molecule has 0 spiro atoms. The summed E-state index contributed by atoms with van der Waals surface area (Å²) in [5, 5.41) is 39.4. The molecule has 1 fully saturated rings. The standard InChI is InChI=1S/C42H52N8O7S3/c1-21-29(22-7-8-22)18-27-15-25(16-30(27)36(21)47-39(52)49-59(43,56)34-20-46-38(58-34)42(4,5)55)24-14-26-13-23-9-11-32(51)35(23)37(31(26)17-24)48-40(53)50(6)60(44,57)28-10-12-33(45-19-28)41(2,3)54/h10,12-13,18-20,22,24-25,54-55,60H,7-9,11,14-17H2,1-6H3,(H2,44,57)(H,48,53)(H3,43,47,49,52,56). The molecule has 0 radical (unpaired) electrons. The smallest absolute Gasteiger partial charge is 0.354 e. The van der Waals surface area contributed by atoms with Crippen LogP contribution in [-0.2, 0) is 63.5 Å². The van der Waals surface area contributed by atoms with Gasteiger partial charge in [-0.3, -0.25) is 19.2 Å². The molecule has 3 unspecified atom stereocenters. The number of carbonyl (C=O) groups excluding carboxylic acids is 3. The van der Waals surface area contributed by atoms with E-state index in [0.717, 1.165) is 74.7 Å². The lowest BCUT2D eigenvalue weighted by atomic mass is 9.87. The van der Waals surface area contributed by atoms with Gasteiger partial charge >= 0.3 is 12.1 Å². The van der Waals surface area contributed by atoms with Crippen molar-refractivity contribution in [3.8, 4) is 0 Å². The number of aliphatic hydroxyl groups is 2. The van der Waals surface area contributed by atoms with E-state index >= 15 is 0 Å². The van der Waals surface area contributed by atoms with Crippen molar-refractivity contribution in [2.24, 2.45) is 26.5 Å². The van der Waals surface area contributed by atoms with E-state index in [-0.39, 0.29) is 26.7 Å². The van der Waals surface area contributed by atoms with Crippen LogP contribution in [0, 0.1) is 18.8 Å². The van der Waals surface area contributed by atoms with Crippen molar-refractivity contribution < 1.29 is 33.0 Å². The van der Waals surface area contributed by atoms with E-state index < -0.39 is 43.5 Å². The Bertz CT molecular complexity index is 2650. The van der Waals surface area contributed by atoms with Crippen LogP contribution in [0.25, 0.3) is 0 Å². The number of aryl methyl sites for hydroxylation is 1. The molecule has 3 atom stereocenters. The molecule has 2 aromatic heterocycles. The van der Waals surface area contributed by atoms with Crippen molar-refractivity contribution in [2.75, 3.05) is 17.7 Å². The lowest BCUT2D eigenvalue weighted by Crippen LogP contribution is -2.46. The van der Waals surface area contributed by atoms with Gasteiger partial charge in [-0.15, -0.1) is 15.7 Å². The monoisotopic (exact) mass is 876 g/mol. The average molecular weight is 877 g/mol. The van der Waals surface area contributed by atoms with Crippen molar-refractivity contribution in [1.29, 1.82) is 0 Å². The van der Waals surface area contributed by atoms with Crippen molar-refractivity contribution in [2.45, 2.75) is 112 Å². The number of hydrogen-bond donors (Lipinski definition) is 7. The number of carbonyl (C=O) groups is 3. The fraction of sp³-hybridized carbons (Fsp3) is 0.452. The van der Waals surface area contributed by atoms with Gasteiger partial charge in [0.25, 0.3) is 0 Å². The number of Topliss-reactive ketones (excluding diaryl/α,β-unsaturated/α-hetero) is 1. The summed E-state index contributed by atoms with van der Waals surface area (Å²) in [6.07, 6.45) is 8.35. The van der Waals surface area contributed by atoms with Gasteiger partial charge in [-0.25, -0.2) is 28.1 Å². The fourth-order valence-corrected chi connectivity index (χ4v) is 12.2. The minimum atomic E-state index is -3.96. The highest BCUT2D eigenvalue weighted by Gasteiger charge is 2.40. The third-order valence-corrected chi connectivity index (χ3v) is 17.6. The Morgan fingerprint density at radius 2 is 1.58 bits per heavy atom. The molecule has 0 saturated heterocycles. The number of aromatic nitrogens is 2. The van der Waals surface area contributed by atoms with Gasteiger partial charge in [-0.2, -0.15) is 0 Å². The van der Waals surface area contributed by atoms with Crippen LogP contribution < -0.4 is 20.9 Å². The molecule has 8 N–H and O–H groups in total. The maximum Gasteiger partial charge on any atom is 0.354 e. The second-order valence-corrected chi connectivity index (χ2v) is 23.1. The van der Waals surface area contributed by atoms with Gasteiger partial charge in [0, 0.05) is 41.2 Å². The number of nitrogens with two attached hydrogens (primary N) is 2. The third-order valence-electron chi connectivity index (χ3n) is 12.4. The van der Waals surface area contributed by atoms with E-state index in [1.54, 1.807) is 27.7 Å². The molecule has 18 heteroatoms. The summed E-state index contributed by atoms with van der Waals surface area (Å²) in [6, 6.07) is 5.83. The largest absolute Gasteiger partial charge is 0.384 e. The number of hydrogen-bond acceptors (Lipinski definition) is 10. The molecule has 1 saturated carbocycles. The number of urea groups is 2. The molecule has 60 heavy (non-hydrogen) atoms. The first kappa shape index (κ1) is 42.3. The number of nitrogens with zero attached hydrogens (tertiary/aromatic N) is 4. The van der Waals surface area contributed by atoms with Crippen molar-refractivity contribution in [1.82, 2.24) is 14.3 Å². The number of thiazole rings is 1. The minimum Gasteiger partial charge on any atom is -0.384 e. The van der Waals surface area contributed by atoms with E-state index in [0.29, 0.717) is 59.2 Å². The second-order valence-electron chi connectivity index (χ2n) is 17.7. The number of benzene rings is 2. The Morgan fingerprint density at radius 3 is 2.17 bits per heavy atom. The molecule has 2 aromatic carbocycles. The van der Waals surface area contributed by atoms with Gasteiger partial charge in [-0.1, -0.05) is 12.1 Å². The lowest BCUT2D eigenvalue weighted by molar-refractivity contribution is 0.0736. The maximum absolute atomic E-state index is 13.9. The third kappa shape index (κ3) is 7.82. The number of rotatable bonds is 9. The summed E-state index contributed by atoms with van der Waals surface area (Å²) in [4.78, 5) is 49.3. The minimum absolute atomic E-state index is 0.0619. The summed E-state index contributed by atoms with van der Waals surface area (Å²) < 4.78 is 32.4. The van der Waals surface area contributed by atoms with Gasteiger partial charge in [0.15, 0.2) is 15.7 Å². The van der Waals surface area contributed by atoms with Crippen LogP contribution in [0.2, 0.25) is 0 Å². The number of ketones is 1. The molecule has 4 aliphatic rings. The molecule has 320 valence electrons. The predicted octanol–water partition coefficient (Wildman–Crippen LogP) is 5.70. The highest BCUT2D eigenvalue weighted by atomic mass is 32.3. The molecule has 4 aliphatic carbocycles. The molecule has 0 bridgehead atoms. The summed E-state index contributed by atoms with van der Waals surface area (Å²) in [7, 11) is -6.26. The molecule has 4 aromatic rings. The van der Waals surface area contributed by atoms with Crippen LogP contribution in [-0.4, -0.2) is 57.8 Å². The molecule has 0 aliphatic heterocycles. The van der Waals surface area contributed by atoms with E-state index in [2.05, 4.69) is 37.1 Å². The van der Waals surface area contributed by atoms with E-state index in [1.165, 1.54) is 37.1 Å². The first-order valence-corrected chi connectivity index (χ1v) is 24.2. The predicted molar refractivity (Wildman–Crippen MR) is 232 cm³/mol. The van der Waals surface area contributed by atoms with Crippen molar-refractivity contribution in [3.05, 3.63) is 91.9 Å². The number of thiol groups is 1. The highest BCUT2D eigenvalue weighted by molar-refractivity contribution is 7.99. The van der Waals surface area contributed by atoms with Gasteiger partial charge in [0.1, 0.15) is 20.4 Å². The molecular weight excluding hydrogens is 825 g/mol. The zero-order chi connectivity index (χ0) is 43.3. The number of fused-ring (bicyclic) bond motifs is 3. The molecule has 2 heterocycles. The lowest BCUT2D eigenvalue weighted by Gasteiger charge is -2.31. The summed E-state index contributed by atoms with van der Waals surface area (Å²) in [5.41, 5.74) is 6.53. The van der Waals surface area contributed by atoms with Crippen LogP contribution in [0.4, 0.5) is 21.0 Å². The van der Waals surface area contributed by atoms with Gasteiger partial charge in [-0.05, 0) is 148 Å². The fourth-order valence-electron chi connectivity index (χ4n) is 8.91. The zero-order valence-electron chi connectivity index (χ0n) is 34.5. The zero-order valence-corrected chi connectivity index (χ0v) is 37.0. The van der Waals surface area contributed by atoms with Gasteiger partial charge in [0.2, 0.25) is 0 Å². The van der Waals surface area contributed by atoms with Crippen LogP contribution in [0.5, 0.6) is 0 Å². The number of amides is 4. The first-order chi connectivity index (χ1) is 28.0. The van der Waals surface area contributed by atoms with Crippen molar-refractivity contribution in [3.63, 3.8) is 0 Å². The Morgan fingerprint density at radius 1 is 0.933 bits per heavy atom. The van der Waals surface area contributed by atoms with E-state index in [1.807, 2.05) is 6.92 Å². The average Bonchev–Trinajstić information content (AvgIpc) is 3.52. The number of nitrogens with one attached hydrogen (secondary N) is 2. The van der Waals surface area contributed by atoms with Gasteiger partial charge < -0.3 is 20.8 Å². The maximum atomic E-state index is 13.9. The second kappa shape index (κ2) is 14.9. The summed E-state index contributed by atoms with van der Waals surface area (Å²) in [5.74, 6) is 0.653. The molecule has 4 amide bonds. The molecule has 15 nitrogen and oxygen atoms in total. The first-order valence-electron chi connectivity index (χ1n) is 20.1. The quantitative estimate of drug-likeness (QED) is 0.102. The van der Waals surface area contributed by atoms with Crippen LogP contribution in [0.15, 0.2) is 50.1 Å². The Balaban J connectivity index is 1.05. The number of anilines is 2. The van der Waals surface area contributed by atoms with Gasteiger partial charge in [0.05, 0.1) is 22.5 Å². The Hall–Kier alpha value is -4.43.